The lowest BCUT2D eigenvalue weighted by Crippen LogP contribution is -2.12. The van der Waals surface area contributed by atoms with Crippen molar-refractivity contribution in [3.05, 3.63) is 0 Å². The van der Waals surface area contributed by atoms with E-state index in [4.69, 9.17) is 0 Å². The average molecular weight is 908 g/mol. The summed E-state index contributed by atoms with van der Waals surface area (Å²) in [7, 11) is 0. The zero-order chi connectivity index (χ0) is 53.7. The molecule has 0 nitrogen and oxygen atoms in total. The van der Waals surface area contributed by atoms with Crippen molar-refractivity contribution in [2.45, 2.75) is 365 Å². The molecule has 0 heteroatoms. The molecule has 0 aromatic carbocycles. The van der Waals surface area contributed by atoms with Crippen LogP contribution in [0.3, 0.4) is 0 Å². The molecule has 402 valence electrons. The van der Waals surface area contributed by atoms with Gasteiger partial charge >= 0.3 is 0 Å². The molecule has 0 spiro atoms. The van der Waals surface area contributed by atoms with Crippen molar-refractivity contribution >= 4 is 0 Å². The van der Waals surface area contributed by atoms with E-state index in [1.54, 1.807) is 0 Å². The minimum Gasteiger partial charge on any atom is -0.0656 e. The van der Waals surface area contributed by atoms with E-state index in [1.807, 2.05) is 0 Å². The molecule has 0 N–H and O–H groups in total. The Hall–Kier alpha value is 0. The van der Waals surface area contributed by atoms with E-state index >= 15 is 0 Å². The molecule has 0 amide bonds. The van der Waals surface area contributed by atoms with E-state index in [-0.39, 0.29) is 0 Å². The average Bonchev–Trinajstić information content (AvgIpc) is 3.15. The summed E-state index contributed by atoms with van der Waals surface area (Å²) in [4.78, 5) is 0. The molecule has 0 atom stereocenters. The first-order chi connectivity index (χ1) is 28.5. The molecule has 0 heterocycles. The Balaban J connectivity index is -0.0000000453. The Morgan fingerprint density at radius 2 is 0.444 bits per heavy atom. The van der Waals surface area contributed by atoms with Gasteiger partial charge in [-0.25, -0.2) is 0 Å². The Bertz CT molecular complexity index is 546. The van der Waals surface area contributed by atoms with Crippen LogP contribution in [0.2, 0.25) is 0 Å². The first-order valence-corrected chi connectivity index (χ1v) is 28.5. The number of rotatable bonds is 13. The smallest absolute Gasteiger partial charge is 0.0360 e. The Morgan fingerprint density at radius 1 is 0.302 bits per heavy atom. The van der Waals surface area contributed by atoms with Gasteiger partial charge in [0.2, 0.25) is 0 Å². The van der Waals surface area contributed by atoms with E-state index in [0.29, 0.717) is 16.2 Å². The molecule has 0 saturated carbocycles. The first-order valence-electron chi connectivity index (χ1n) is 28.5. The highest BCUT2D eigenvalue weighted by Crippen LogP contribution is 2.23. The molecule has 0 aliphatic carbocycles. The van der Waals surface area contributed by atoms with Crippen LogP contribution in [0.4, 0.5) is 0 Å². The molecule has 0 aromatic rings. The summed E-state index contributed by atoms with van der Waals surface area (Å²) in [6.45, 7) is 79.7. The molecular formula is C63H150. The molecule has 0 radical (unpaired) electrons. The molecule has 0 rings (SSSR count). The zero-order valence-electron chi connectivity index (χ0n) is 53.7. The summed E-state index contributed by atoms with van der Waals surface area (Å²) in [5, 5.41) is 0. The summed E-state index contributed by atoms with van der Waals surface area (Å²) >= 11 is 0. The topological polar surface area (TPSA) is 0 Å². The minimum atomic E-state index is 0.500. The second-order valence-corrected chi connectivity index (χ2v) is 24.1. The van der Waals surface area contributed by atoms with Crippen molar-refractivity contribution in [1.29, 1.82) is 0 Å². The van der Waals surface area contributed by atoms with Crippen LogP contribution < -0.4 is 0 Å². The highest BCUT2D eigenvalue weighted by atomic mass is 14.2. The third-order valence-electron chi connectivity index (χ3n) is 9.13. The van der Waals surface area contributed by atoms with Crippen LogP contribution >= 0.6 is 0 Å². The van der Waals surface area contributed by atoms with Gasteiger partial charge in [-0.3, -0.25) is 0 Å². The summed E-state index contributed by atoms with van der Waals surface area (Å²) < 4.78 is 0. The maximum absolute atomic E-state index is 2.26. The molecule has 0 aromatic heterocycles. The van der Waals surface area contributed by atoms with Crippen LogP contribution in [0.15, 0.2) is 0 Å². The van der Waals surface area contributed by atoms with Crippen LogP contribution in [0, 0.1) is 51.8 Å². The standard InChI is InChI=1S/2C7H16.3C6H14.4C5H12.2C4H10.C3H8/c1-6(2)7(3,4)5;1-3-5-7-6-4-2;1-5-6(2,3)4;1-5(2)6(3)4;1-3-5-6-4-2;1-5(2,3)4;2*1-4-5(2)3;1-3-5-4-2;1-4(2)3;1-3-4-2;1-3-2/h6H,1-5H3;3-7H2,1-2H3;5H2,1-4H3;5-6H,1-4H3;3-6H2,1-2H3;1-4H3;2*5H,4H2,1-3H3;3-5H2,1-2H3;4H,1-3H3;3-4H2,1-2H3;3H2,1-2H3. The van der Waals surface area contributed by atoms with Crippen molar-refractivity contribution in [3.63, 3.8) is 0 Å². The molecule has 0 saturated heterocycles. The van der Waals surface area contributed by atoms with Crippen LogP contribution in [-0.2, 0) is 0 Å². The van der Waals surface area contributed by atoms with Crippen LogP contribution in [-0.4, -0.2) is 0 Å². The Morgan fingerprint density at radius 3 is 0.492 bits per heavy atom. The van der Waals surface area contributed by atoms with Crippen molar-refractivity contribution in [3.8, 4) is 0 Å². The number of hydrogen-bond acceptors (Lipinski definition) is 0. The van der Waals surface area contributed by atoms with Gasteiger partial charge in [0.25, 0.3) is 0 Å². The second kappa shape index (κ2) is 79.1. The lowest BCUT2D eigenvalue weighted by atomic mass is 9.84. The first kappa shape index (κ1) is 93.1. The SMILES string of the molecule is CC(C)(C)C.CC(C)C.CC(C)C(C)(C)C.CC(C)C(C)C.CCC.CCC(C)(C)C.CCC(C)C.CCC(C)C.CCCC.CCCCC.CCCCCC.CCCCCCC. The van der Waals surface area contributed by atoms with Crippen molar-refractivity contribution in [2.24, 2.45) is 51.8 Å². The summed E-state index contributed by atoms with van der Waals surface area (Å²) in [5.74, 6) is 5.10. The molecule has 63 heavy (non-hydrogen) atoms. The fraction of sp³-hybridized carbons (Fsp3) is 1.00. The normalized spacial score (nSPS) is 10.0. The molecule has 0 aliphatic heterocycles. The highest BCUT2D eigenvalue weighted by Gasteiger charge is 2.13. The van der Waals surface area contributed by atoms with Crippen molar-refractivity contribution in [2.75, 3.05) is 0 Å². The van der Waals surface area contributed by atoms with E-state index < -0.39 is 0 Å². The summed E-state index contributed by atoms with van der Waals surface area (Å²) in [5.41, 5.74) is 1.54. The van der Waals surface area contributed by atoms with Gasteiger partial charge in [-0.05, 0) is 51.8 Å². The largest absolute Gasteiger partial charge is 0.0656 e. The van der Waals surface area contributed by atoms with E-state index in [9.17, 15) is 0 Å². The van der Waals surface area contributed by atoms with Gasteiger partial charge in [0, 0.05) is 0 Å². The zero-order valence-corrected chi connectivity index (χ0v) is 53.7. The number of unbranched alkanes of at least 4 members (excludes halogenated alkanes) is 10. The van der Waals surface area contributed by atoms with E-state index in [1.165, 1.54) is 116 Å². The van der Waals surface area contributed by atoms with Crippen LogP contribution in [0.5, 0.6) is 0 Å². The third kappa shape index (κ3) is 306. The highest BCUT2D eigenvalue weighted by molar-refractivity contribution is 4.64. The quantitative estimate of drug-likeness (QED) is 0.162. The predicted molar refractivity (Wildman–Crippen MR) is 316 cm³/mol. The molecule has 0 fully saturated rings. The van der Waals surface area contributed by atoms with Crippen molar-refractivity contribution < 1.29 is 0 Å². The Labute approximate surface area is 414 Å². The van der Waals surface area contributed by atoms with Crippen molar-refractivity contribution in [1.82, 2.24) is 0 Å². The molecular weight excluding hydrogens is 757 g/mol. The van der Waals surface area contributed by atoms with Crippen LogP contribution in [0.1, 0.15) is 365 Å². The summed E-state index contributed by atoms with van der Waals surface area (Å²) in [6.07, 6.45) is 24.4. The lowest BCUT2D eigenvalue weighted by Gasteiger charge is -2.22. The Kier molecular flexibility index (Phi) is 117. The monoisotopic (exact) mass is 907 g/mol. The number of hydrogen-bond donors (Lipinski definition) is 0. The minimum absolute atomic E-state index is 0.500. The van der Waals surface area contributed by atoms with Gasteiger partial charge in [0.05, 0.1) is 0 Å². The lowest BCUT2D eigenvalue weighted by molar-refractivity contribution is 0.283. The summed E-state index contributed by atoms with van der Waals surface area (Å²) in [6, 6.07) is 0. The van der Waals surface area contributed by atoms with Gasteiger partial charge in [-0.1, -0.05) is 365 Å². The van der Waals surface area contributed by atoms with E-state index in [2.05, 4.69) is 249 Å². The fourth-order valence-corrected chi connectivity index (χ4v) is 1.53. The van der Waals surface area contributed by atoms with Crippen LogP contribution in [0.25, 0.3) is 0 Å². The molecule has 0 unspecified atom stereocenters. The second-order valence-electron chi connectivity index (χ2n) is 24.1. The molecule has 0 bridgehead atoms. The van der Waals surface area contributed by atoms with Gasteiger partial charge in [0.15, 0.2) is 0 Å². The maximum atomic E-state index is 2.26. The van der Waals surface area contributed by atoms with E-state index in [0.717, 1.165) is 35.5 Å². The van der Waals surface area contributed by atoms with Gasteiger partial charge < -0.3 is 0 Å². The van der Waals surface area contributed by atoms with Gasteiger partial charge in [-0.2, -0.15) is 0 Å². The predicted octanol–water partition coefficient (Wildman–Crippen LogP) is 26.2. The van der Waals surface area contributed by atoms with Gasteiger partial charge in [0.1, 0.15) is 0 Å². The maximum Gasteiger partial charge on any atom is -0.0360 e. The molecule has 0 aliphatic rings. The fourth-order valence-electron chi connectivity index (χ4n) is 1.53. The van der Waals surface area contributed by atoms with Gasteiger partial charge in [-0.15, -0.1) is 0 Å². The third-order valence-corrected chi connectivity index (χ3v) is 9.13.